The van der Waals surface area contributed by atoms with E-state index >= 15 is 0 Å². The maximum Gasteiger partial charge on any atom is 0.257 e. The van der Waals surface area contributed by atoms with E-state index in [2.05, 4.69) is 15.3 Å². The van der Waals surface area contributed by atoms with Crippen LogP contribution >= 0.6 is 22.9 Å². The van der Waals surface area contributed by atoms with Crippen LogP contribution in [0.1, 0.15) is 15.4 Å². The topological polar surface area (TPSA) is 54.9 Å². The molecule has 0 saturated heterocycles. The maximum absolute atomic E-state index is 12.3. The van der Waals surface area contributed by atoms with E-state index in [1.54, 1.807) is 17.4 Å². The van der Waals surface area contributed by atoms with Crippen LogP contribution in [0.5, 0.6) is 0 Å². The van der Waals surface area contributed by atoms with Crippen molar-refractivity contribution in [2.24, 2.45) is 0 Å². The normalized spacial score (nSPS) is 10.5. The third kappa shape index (κ3) is 3.16. The van der Waals surface area contributed by atoms with Gasteiger partial charge < -0.3 is 5.32 Å². The molecule has 1 aromatic carbocycles. The average Bonchev–Trinajstić information content (AvgIpc) is 2.88. The van der Waals surface area contributed by atoms with Crippen LogP contribution in [0.2, 0.25) is 5.15 Å². The van der Waals surface area contributed by atoms with Crippen molar-refractivity contribution in [3.05, 3.63) is 64.4 Å². The molecule has 0 saturated carbocycles. The van der Waals surface area contributed by atoms with Crippen molar-refractivity contribution < 1.29 is 4.79 Å². The van der Waals surface area contributed by atoms with Crippen LogP contribution in [-0.4, -0.2) is 15.9 Å². The number of carbonyl (C=O) groups is 1. The quantitative estimate of drug-likeness (QED) is 0.724. The standard InChI is InChI=1S/C16H12ClN3OS/c1-10-19-15(14(22-10)11-5-3-2-4-6-11)20-16(21)12-7-8-18-13(17)9-12/h2-9H,1H3,(H,20,21). The highest BCUT2D eigenvalue weighted by atomic mass is 35.5. The molecule has 6 heteroatoms. The van der Waals surface area contributed by atoms with Crippen molar-refractivity contribution in [3.63, 3.8) is 0 Å². The van der Waals surface area contributed by atoms with Crippen molar-refractivity contribution in [2.75, 3.05) is 5.32 Å². The monoisotopic (exact) mass is 329 g/mol. The fraction of sp³-hybridized carbons (Fsp3) is 0.0625. The van der Waals surface area contributed by atoms with Gasteiger partial charge >= 0.3 is 0 Å². The van der Waals surface area contributed by atoms with Gasteiger partial charge in [0.15, 0.2) is 5.82 Å². The number of nitrogens with zero attached hydrogens (tertiary/aromatic N) is 2. The number of thiazole rings is 1. The Balaban J connectivity index is 1.92. The Hall–Kier alpha value is -2.24. The molecule has 0 spiro atoms. The minimum absolute atomic E-state index is 0.258. The summed E-state index contributed by atoms with van der Waals surface area (Å²) >= 11 is 7.36. The number of aryl methyl sites for hydroxylation is 1. The van der Waals surface area contributed by atoms with E-state index in [1.165, 1.54) is 12.3 Å². The lowest BCUT2D eigenvalue weighted by Gasteiger charge is -2.05. The Morgan fingerprint density at radius 2 is 2.00 bits per heavy atom. The minimum Gasteiger partial charge on any atom is -0.305 e. The van der Waals surface area contributed by atoms with Gasteiger partial charge in [-0.25, -0.2) is 9.97 Å². The summed E-state index contributed by atoms with van der Waals surface area (Å²) in [5.41, 5.74) is 1.47. The summed E-state index contributed by atoms with van der Waals surface area (Å²) in [6.45, 7) is 1.91. The Morgan fingerprint density at radius 3 is 2.73 bits per heavy atom. The van der Waals surface area contributed by atoms with Crippen molar-refractivity contribution in [1.82, 2.24) is 9.97 Å². The number of hydrogen-bond donors (Lipinski definition) is 1. The van der Waals surface area contributed by atoms with Crippen molar-refractivity contribution in [3.8, 4) is 10.4 Å². The third-order valence-corrected chi connectivity index (χ3v) is 4.22. The van der Waals surface area contributed by atoms with Gasteiger partial charge in [-0.1, -0.05) is 41.9 Å². The molecule has 0 aliphatic rings. The lowest BCUT2D eigenvalue weighted by atomic mass is 10.2. The number of nitrogens with one attached hydrogen (secondary N) is 1. The molecule has 1 N–H and O–H groups in total. The maximum atomic E-state index is 12.3. The van der Waals surface area contributed by atoms with E-state index in [9.17, 15) is 4.79 Å². The highest BCUT2D eigenvalue weighted by Gasteiger charge is 2.15. The number of rotatable bonds is 3. The zero-order chi connectivity index (χ0) is 15.5. The van der Waals surface area contributed by atoms with Gasteiger partial charge in [0.1, 0.15) is 5.15 Å². The molecule has 0 aliphatic carbocycles. The van der Waals surface area contributed by atoms with Gasteiger partial charge in [0.05, 0.1) is 9.88 Å². The highest BCUT2D eigenvalue weighted by Crippen LogP contribution is 2.33. The number of carbonyl (C=O) groups excluding carboxylic acids is 1. The number of anilines is 1. The predicted octanol–water partition coefficient (Wildman–Crippen LogP) is 4.42. The fourth-order valence-corrected chi connectivity index (χ4v) is 3.07. The van der Waals surface area contributed by atoms with Gasteiger partial charge in [-0.3, -0.25) is 4.79 Å². The van der Waals surface area contributed by atoms with Crippen LogP contribution in [0.15, 0.2) is 48.7 Å². The van der Waals surface area contributed by atoms with Gasteiger partial charge in [-0.2, -0.15) is 0 Å². The molecule has 4 nitrogen and oxygen atoms in total. The Morgan fingerprint density at radius 1 is 1.23 bits per heavy atom. The number of halogens is 1. The second kappa shape index (κ2) is 6.25. The second-order valence-corrected chi connectivity index (χ2v) is 6.19. The van der Waals surface area contributed by atoms with Gasteiger partial charge in [0.25, 0.3) is 5.91 Å². The smallest absolute Gasteiger partial charge is 0.257 e. The van der Waals surface area contributed by atoms with Crippen molar-refractivity contribution in [2.45, 2.75) is 6.92 Å². The van der Waals surface area contributed by atoms with Crippen molar-refractivity contribution in [1.29, 1.82) is 0 Å². The summed E-state index contributed by atoms with van der Waals surface area (Å²) in [5.74, 6) is 0.304. The molecule has 22 heavy (non-hydrogen) atoms. The van der Waals surface area contributed by atoms with Crippen LogP contribution in [-0.2, 0) is 0 Å². The number of aromatic nitrogens is 2. The molecular weight excluding hydrogens is 318 g/mol. The molecule has 0 bridgehead atoms. The van der Waals surface area contributed by atoms with Gasteiger partial charge in [-0.05, 0) is 24.6 Å². The lowest BCUT2D eigenvalue weighted by Crippen LogP contribution is -2.12. The van der Waals surface area contributed by atoms with E-state index < -0.39 is 0 Å². The molecule has 110 valence electrons. The molecule has 0 fully saturated rings. The molecule has 1 amide bonds. The molecular formula is C16H12ClN3OS. The number of pyridine rings is 1. The first-order chi connectivity index (χ1) is 10.6. The van der Waals surface area contributed by atoms with Gasteiger partial charge in [0, 0.05) is 11.8 Å². The lowest BCUT2D eigenvalue weighted by molar-refractivity contribution is 0.102. The number of hydrogen-bond acceptors (Lipinski definition) is 4. The number of benzene rings is 1. The zero-order valence-corrected chi connectivity index (χ0v) is 13.3. The molecule has 3 rings (SSSR count). The summed E-state index contributed by atoms with van der Waals surface area (Å²) < 4.78 is 0. The average molecular weight is 330 g/mol. The van der Waals surface area contributed by atoms with Crippen LogP contribution in [0.4, 0.5) is 5.82 Å². The first-order valence-electron chi connectivity index (χ1n) is 6.59. The molecule has 0 unspecified atom stereocenters. The largest absolute Gasteiger partial charge is 0.305 e. The molecule has 2 aromatic heterocycles. The second-order valence-electron chi connectivity index (χ2n) is 4.60. The van der Waals surface area contributed by atoms with Crippen LogP contribution in [0.3, 0.4) is 0 Å². The summed E-state index contributed by atoms with van der Waals surface area (Å²) in [7, 11) is 0. The van der Waals surface area contributed by atoms with E-state index in [0.717, 1.165) is 15.4 Å². The molecule has 0 atom stereocenters. The van der Waals surface area contributed by atoms with Gasteiger partial charge in [-0.15, -0.1) is 11.3 Å². The zero-order valence-electron chi connectivity index (χ0n) is 11.7. The van der Waals surface area contributed by atoms with Crippen LogP contribution < -0.4 is 5.32 Å². The fourth-order valence-electron chi connectivity index (χ4n) is 2.02. The summed E-state index contributed by atoms with van der Waals surface area (Å²) in [5, 5.41) is 4.02. The highest BCUT2D eigenvalue weighted by molar-refractivity contribution is 7.15. The first kappa shape index (κ1) is 14.7. The van der Waals surface area contributed by atoms with E-state index in [0.29, 0.717) is 11.4 Å². The van der Waals surface area contributed by atoms with E-state index in [1.807, 2.05) is 37.3 Å². The summed E-state index contributed by atoms with van der Waals surface area (Å²) in [6, 6.07) is 13.0. The molecule has 0 radical (unpaired) electrons. The Bertz CT molecular complexity index is 817. The third-order valence-electron chi connectivity index (χ3n) is 2.99. The van der Waals surface area contributed by atoms with E-state index in [4.69, 9.17) is 11.6 Å². The Labute approximate surface area is 136 Å². The van der Waals surface area contributed by atoms with Crippen molar-refractivity contribution >= 4 is 34.7 Å². The molecule has 0 aliphatic heterocycles. The molecule has 2 heterocycles. The van der Waals surface area contributed by atoms with Crippen LogP contribution in [0.25, 0.3) is 10.4 Å². The predicted molar refractivity (Wildman–Crippen MR) is 89.5 cm³/mol. The van der Waals surface area contributed by atoms with E-state index in [-0.39, 0.29) is 11.1 Å². The summed E-state index contributed by atoms with van der Waals surface area (Å²) in [6.07, 6.45) is 1.50. The van der Waals surface area contributed by atoms with Crippen LogP contribution in [0, 0.1) is 6.92 Å². The minimum atomic E-state index is -0.258. The molecule has 3 aromatic rings. The first-order valence-corrected chi connectivity index (χ1v) is 7.78. The summed E-state index contributed by atoms with van der Waals surface area (Å²) in [4.78, 5) is 21.5. The van der Waals surface area contributed by atoms with Gasteiger partial charge in [0.2, 0.25) is 0 Å². The SMILES string of the molecule is Cc1nc(NC(=O)c2ccnc(Cl)c2)c(-c2ccccc2)s1. The Kier molecular flexibility index (Phi) is 4.18. The number of amides is 1.